The summed E-state index contributed by atoms with van der Waals surface area (Å²) in [7, 11) is 1.70. The Morgan fingerprint density at radius 1 is 1.29 bits per heavy atom. The van der Waals surface area contributed by atoms with Gasteiger partial charge in [0.15, 0.2) is 5.69 Å². The highest BCUT2D eigenvalue weighted by molar-refractivity contribution is 5.07. The molecule has 1 aromatic rings. The van der Waals surface area contributed by atoms with E-state index in [0.717, 1.165) is 12.4 Å². The second-order valence-corrected chi connectivity index (χ2v) is 2.83. The van der Waals surface area contributed by atoms with Crippen molar-refractivity contribution in [2.24, 2.45) is 0 Å². The molecule has 0 spiro atoms. The van der Waals surface area contributed by atoms with Gasteiger partial charge >= 0.3 is 6.18 Å². The molecule has 1 heterocycles. The second kappa shape index (κ2) is 3.91. The van der Waals surface area contributed by atoms with Crippen LogP contribution in [0.4, 0.5) is 13.2 Å². The maximum absolute atomic E-state index is 12.1. The van der Waals surface area contributed by atoms with Crippen LogP contribution < -0.4 is 5.32 Å². The first-order chi connectivity index (χ1) is 6.45. The fraction of sp³-hybridized carbons (Fsp3) is 0.500. The maximum Gasteiger partial charge on any atom is 0.434 e. The summed E-state index contributed by atoms with van der Waals surface area (Å²) in [6, 6.07) is -0.107. The van der Waals surface area contributed by atoms with Crippen LogP contribution in [0.3, 0.4) is 0 Å². The lowest BCUT2D eigenvalue weighted by molar-refractivity contribution is -0.141. The van der Waals surface area contributed by atoms with Gasteiger partial charge in [0, 0.05) is 6.04 Å². The Kier molecular flexibility index (Phi) is 3.05. The minimum absolute atomic E-state index is 0.107. The fourth-order valence-corrected chi connectivity index (χ4v) is 0.856. The van der Waals surface area contributed by atoms with Crippen molar-refractivity contribution in [1.29, 1.82) is 0 Å². The Balaban J connectivity index is 2.89. The van der Waals surface area contributed by atoms with E-state index in [2.05, 4.69) is 15.3 Å². The molecule has 0 fully saturated rings. The zero-order valence-corrected chi connectivity index (χ0v) is 7.76. The van der Waals surface area contributed by atoms with Gasteiger partial charge in [0.2, 0.25) is 0 Å². The van der Waals surface area contributed by atoms with E-state index in [-0.39, 0.29) is 6.04 Å². The topological polar surface area (TPSA) is 37.8 Å². The van der Waals surface area contributed by atoms with Crippen LogP contribution in [0.15, 0.2) is 12.4 Å². The number of hydrogen-bond acceptors (Lipinski definition) is 3. The molecular formula is C8H10F3N3. The molecule has 0 aliphatic heterocycles. The number of rotatable bonds is 2. The third-order valence-corrected chi connectivity index (χ3v) is 1.84. The monoisotopic (exact) mass is 205 g/mol. The number of alkyl halides is 3. The Labute approximate surface area is 79.4 Å². The third kappa shape index (κ3) is 2.41. The van der Waals surface area contributed by atoms with E-state index < -0.39 is 11.9 Å². The summed E-state index contributed by atoms with van der Waals surface area (Å²) in [6.45, 7) is 1.79. The number of nitrogens with zero attached hydrogens (tertiary/aromatic N) is 2. The highest BCUT2D eigenvalue weighted by Crippen LogP contribution is 2.26. The van der Waals surface area contributed by atoms with Crippen LogP contribution in [0.1, 0.15) is 24.4 Å². The van der Waals surface area contributed by atoms with Crippen LogP contribution in [0.25, 0.3) is 0 Å². The van der Waals surface area contributed by atoms with Crippen LogP contribution in [-0.4, -0.2) is 17.0 Å². The molecule has 0 amide bonds. The molecule has 0 saturated carbocycles. The zero-order chi connectivity index (χ0) is 10.8. The molecule has 78 valence electrons. The standard InChI is InChI=1S/C8H10F3N3/c1-5(12-2)6-3-14-7(4-13-6)8(9,10)11/h3-5,12H,1-2H3/t5-/m1/s1. The summed E-state index contributed by atoms with van der Waals surface area (Å²) >= 11 is 0. The maximum atomic E-state index is 12.1. The van der Waals surface area contributed by atoms with Crippen LogP contribution >= 0.6 is 0 Å². The van der Waals surface area contributed by atoms with Gasteiger partial charge in [0.25, 0.3) is 0 Å². The van der Waals surface area contributed by atoms with Crippen molar-refractivity contribution in [1.82, 2.24) is 15.3 Å². The van der Waals surface area contributed by atoms with Gasteiger partial charge in [-0.25, -0.2) is 4.98 Å². The van der Waals surface area contributed by atoms with E-state index >= 15 is 0 Å². The summed E-state index contributed by atoms with van der Waals surface area (Å²) in [5.74, 6) is 0. The van der Waals surface area contributed by atoms with Crippen molar-refractivity contribution in [3.63, 3.8) is 0 Å². The fourth-order valence-electron chi connectivity index (χ4n) is 0.856. The number of nitrogens with one attached hydrogen (secondary N) is 1. The molecule has 0 aromatic carbocycles. The lowest BCUT2D eigenvalue weighted by Gasteiger charge is -2.10. The highest BCUT2D eigenvalue weighted by atomic mass is 19.4. The molecule has 0 unspecified atom stereocenters. The molecule has 1 rings (SSSR count). The van der Waals surface area contributed by atoms with Crippen molar-refractivity contribution in [3.05, 3.63) is 23.8 Å². The van der Waals surface area contributed by atoms with Gasteiger partial charge in [-0.1, -0.05) is 0 Å². The molecule has 0 aliphatic rings. The molecule has 0 saturated heterocycles. The first kappa shape index (κ1) is 10.9. The van der Waals surface area contributed by atoms with E-state index in [0.29, 0.717) is 5.69 Å². The highest BCUT2D eigenvalue weighted by Gasteiger charge is 2.32. The van der Waals surface area contributed by atoms with Crippen LogP contribution in [0, 0.1) is 0 Å². The summed E-state index contributed by atoms with van der Waals surface area (Å²) in [4.78, 5) is 6.96. The van der Waals surface area contributed by atoms with Crippen molar-refractivity contribution in [3.8, 4) is 0 Å². The van der Waals surface area contributed by atoms with Crippen molar-refractivity contribution >= 4 is 0 Å². The molecule has 6 heteroatoms. The van der Waals surface area contributed by atoms with Gasteiger partial charge in [0.05, 0.1) is 18.1 Å². The van der Waals surface area contributed by atoms with Gasteiger partial charge < -0.3 is 5.32 Å². The van der Waals surface area contributed by atoms with Gasteiger partial charge in [-0.15, -0.1) is 0 Å². The predicted molar refractivity (Wildman–Crippen MR) is 44.5 cm³/mol. The van der Waals surface area contributed by atoms with Crippen molar-refractivity contribution in [2.45, 2.75) is 19.1 Å². The Morgan fingerprint density at radius 3 is 2.29 bits per heavy atom. The summed E-state index contributed by atoms with van der Waals surface area (Å²) in [6.07, 6.45) is -2.55. The van der Waals surface area contributed by atoms with Gasteiger partial charge in [-0.2, -0.15) is 13.2 Å². The zero-order valence-electron chi connectivity index (χ0n) is 7.76. The molecule has 0 bridgehead atoms. The van der Waals surface area contributed by atoms with Crippen molar-refractivity contribution < 1.29 is 13.2 Å². The lowest BCUT2D eigenvalue weighted by Crippen LogP contribution is -2.16. The first-order valence-electron chi connectivity index (χ1n) is 4.01. The van der Waals surface area contributed by atoms with Crippen LogP contribution in [-0.2, 0) is 6.18 Å². The quantitative estimate of drug-likeness (QED) is 0.799. The van der Waals surface area contributed by atoms with E-state index in [9.17, 15) is 13.2 Å². The summed E-state index contributed by atoms with van der Waals surface area (Å²) in [5.41, 5.74) is -0.481. The Morgan fingerprint density at radius 2 is 1.93 bits per heavy atom. The average Bonchev–Trinajstić information content (AvgIpc) is 2.15. The number of halogens is 3. The average molecular weight is 205 g/mol. The SMILES string of the molecule is CN[C@H](C)c1cnc(C(F)(F)F)cn1. The molecule has 0 aliphatic carbocycles. The summed E-state index contributed by atoms with van der Waals surface area (Å²) < 4.78 is 36.3. The van der Waals surface area contributed by atoms with Gasteiger partial charge in [-0.3, -0.25) is 4.98 Å². The molecule has 1 aromatic heterocycles. The second-order valence-electron chi connectivity index (χ2n) is 2.83. The van der Waals surface area contributed by atoms with Crippen LogP contribution in [0.2, 0.25) is 0 Å². The summed E-state index contributed by atoms with van der Waals surface area (Å²) in [5, 5.41) is 2.86. The largest absolute Gasteiger partial charge is 0.434 e. The van der Waals surface area contributed by atoms with Crippen LogP contribution in [0.5, 0.6) is 0 Å². The molecular weight excluding hydrogens is 195 g/mol. The molecule has 0 radical (unpaired) electrons. The minimum Gasteiger partial charge on any atom is -0.312 e. The minimum atomic E-state index is -4.42. The normalized spacial score (nSPS) is 14.1. The number of hydrogen-bond donors (Lipinski definition) is 1. The van der Waals surface area contributed by atoms with E-state index in [1.165, 1.54) is 0 Å². The lowest BCUT2D eigenvalue weighted by atomic mass is 10.2. The van der Waals surface area contributed by atoms with E-state index in [1.54, 1.807) is 14.0 Å². The van der Waals surface area contributed by atoms with Gasteiger partial charge in [-0.05, 0) is 14.0 Å². The Hall–Kier alpha value is -1.17. The third-order valence-electron chi connectivity index (χ3n) is 1.84. The smallest absolute Gasteiger partial charge is 0.312 e. The van der Waals surface area contributed by atoms with E-state index in [1.807, 2.05) is 0 Å². The van der Waals surface area contributed by atoms with Crippen molar-refractivity contribution in [2.75, 3.05) is 7.05 Å². The molecule has 3 nitrogen and oxygen atoms in total. The molecule has 14 heavy (non-hydrogen) atoms. The van der Waals surface area contributed by atoms with E-state index in [4.69, 9.17) is 0 Å². The first-order valence-corrected chi connectivity index (χ1v) is 4.01. The Bertz CT molecular complexity index is 294. The van der Waals surface area contributed by atoms with Gasteiger partial charge in [0.1, 0.15) is 0 Å². The molecule has 1 atom stereocenters. The predicted octanol–water partition coefficient (Wildman–Crippen LogP) is 1.78. The number of aromatic nitrogens is 2. The molecule has 1 N–H and O–H groups in total.